The fourth-order valence-corrected chi connectivity index (χ4v) is 0.998. The Bertz CT molecular complexity index is 359. The van der Waals surface area contributed by atoms with E-state index in [1.165, 1.54) is 6.07 Å². The molecule has 0 saturated heterocycles. The van der Waals surface area contributed by atoms with E-state index in [1.807, 2.05) is 0 Å². The summed E-state index contributed by atoms with van der Waals surface area (Å²) in [4.78, 5) is 11.4. The van der Waals surface area contributed by atoms with E-state index in [1.54, 1.807) is 18.2 Å². The van der Waals surface area contributed by atoms with Gasteiger partial charge in [-0.2, -0.15) is 0 Å². The second-order valence-corrected chi connectivity index (χ2v) is 3.04. The van der Waals surface area contributed by atoms with Gasteiger partial charge in [0.05, 0.1) is 12.1 Å². The lowest BCUT2D eigenvalue weighted by Crippen LogP contribution is -2.42. The SMILES string of the molecule is Nc1ccccc1C(=O)NCC(O)(O)O. The van der Waals surface area contributed by atoms with Crippen LogP contribution < -0.4 is 11.1 Å². The number of carbonyl (C=O) groups excluding carboxylic acids is 1. The molecular weight excluding hydrogens is 200 g/mol. The molecule has 15 heavy (non-hydrogen) atoms. The number of hydrogen-bond donors (Lipinski definition) is 5. The van der Waals surface area contributed by atoms with Gasteiger partial charge in [-0.3, -0.25) is 4.79 Å². The maximum Gasteiger partial charge on any atom is 0.293 e. The molecule has 0 spiro atoms. The Morgan fingerprint density at radius 3 is 2.47 bits per heavy atom. The lowest BCUT2D eigenvalue weighted by molar-refractivity contribution is -0.305. The minimum atomic E-state index is -2.92. The van der Waals surface area contributed by atoms with Gasteiger partial charge in [0.25, 0.3) is 11.9 Å². The maximum atomic E-state index is 11.4. The predicted molar refractivity (Wildman–Crippen MR) is 52.6 cm³/mol. The molecule has 6 heteroatoms. The third-order valence-corrected chi connectivity index (χ3v) is 1.69. The Balaban J connectivity index is 2.66. The summed E-state index contributed by atoms with van der Waals surface area (Å²) in [7, 11) is 0. The molecule has 6 nitrogen and oxygen atoms in total. The van der Waals surface area contributed by atoms with E-state index in [-0.39, 0.29) is 11.3 Å². The Morgan fingerprint density at radius 2 is 1.93 bits per heavy atom. The van der Waals surface area contributed by atoms with Gasteiger partial charge in [0.15, 0.2) is 0 Å². The van der Waals surface area contributed by atoms with Crippen molar-refractivity contribution in [2.75, 3.05) is 12.3 Å². The second kappa shape index (κ2) is 4.26. The number of amides is 1. The molecule has 0 radical (unpaired) electrons. The summed E-state index contributed by atoms with van der Waals surface area (Å²) in [5.41, 5.74) is 6.00. The molecule has 0 unspecified atom stereocenters. The molecule has 0 fully saturated rings. The van der Waals surface area contributed by atoms with Crippen molar-refractivity contribution in [3.05, 3.63) is 29.8 Å². The van der Waals surface area contributed by atoms with Crippen LogP contribution in [0.15, 0.2) is 24.3 Å². The van der Waals surface area contributed by atoms with Crippen LogP contribution in [-0.2, 0) is 0 Å². The first-order valence-electron chi connectivity index (χ1n) is 4.20. The van der Waals surface area contributed by atoms with E-state index >= 15 is 0 Å². The normalized spacial score (nSPS) is 11.1. The highest BCUT2D eigenvalue weighted by atomic mass is 16.7. The third kappa shape index (κ3) is 3.55. The Hall–Kier alpha value is -1.63. The van der Waals surface area contributed by atoms with Crippen molar-refractivity contribution in [2.45, 2.75) is 5.97 Å². The van der Waals surface area contributed by atoms with Gasteiger partial charge in [0.2, 0.25) is 0 Å². The second-order valence-electron chi connectivity index (χ2n) is 3.04. The summed E-state index contributed by atoms with van der Waals surface area (Å²) in [6, 6.07) is 6.31. The highest BCUT2D eigenvalue weighted by molar-refractivity contribution is 5.99. The van der Waals surface area contributed by atoms with Gasteiger partial charge in [-0.15, -0.1) is 0 Å². The topological polar surface area (TPSA) is 116 Å². The average molecular weight is 212 g/mol. The van der Waals surface area contributed by atoms with Gasteiger partial charge >= 0.3 is 0 Å². The molecule has 0 heterocycles. The summed E-state index contributed by atoms with van der Waals surface area (Å²) >= 11 is 0. The van der Waals surface area contributed by atoms with Crippen molar-refractivity contribution < 1.29 is 20.1 Å². The van der Waals surface area contributed by atoms with Gasteiger partial charge in [0, 0.05) is 5.69 Å². The molecule has 0 aromatic heterocycles. The molecule has 0 atom stereocenters. The summed E-state index contributed by atoms with van der Waals surface area (Å²) < 4.78 is 0. The van der Waals surface area contributed by atoms with Crippen LogP contribution in [0, 0.1) is 0 Å². The van der Waals surface area contributed by atoms with Crippen molar-refractivity contribution >= 4 is 11.6 Å². The quantitative estimate of drug-likeness (QED) is 0.313. The first-order valence-corrected chi connectivity index (χ1v) is 4.20. The summed E-state index contributed by atoms with van der Waals surface area (Å²) in [6.07, 6.45) is 0. The van der Waals surface area contributed by atoms with Crippen LogP contribution >= 0.6 is 0 Å². The highest BCUT2D eigenvalue weighted by Gasteiger charge is 2.20. The first kappa shape index (κ1) is 11.4. The molecule has 1 amide bonds. The van der Waals surface area contributed by atoms with Gasteiger partial charge in [-0.1, -0.05) is 12.1 Å². The molecule has 1 aromatic carbocycles. The van der Waals surface area contributed by atoms with E-state index in [4.69, 9.17) is 21.1 Å². The molecule has 6 N–H and O–H groups in total. The summed E-state index contributed by atoms with van der Waals surface area (Å²) in [5, 5.41) is 27.8. The van der Waals surface area contributed by atoms with Crippen molar-refractivity contribution in [1.29, 1.82) is 0 Å². The van der Waals surface area contributed by atoms with Gasteiger partial charge in [0.1, 0.15) is 0 Å². The van der Waals surface area contributed by atoms with Crippen molar-refractivity contribution in [3.8, 4) is 0 Å². The van der Waals surface area contributed by atoms with Crippen LogP contribution in [0.2, 0.25) is 0 Å². The Kier molecular flexibility index (Phi) is 3.25. The molecule has 82 valence electrons. The third-order valence-electron chi connectivity index (χ3n) is 1.69. The van der Waals surface area contributed by atoms with Crippen molar-refractivity contribution in [3.63, 3.8) is 0 Å². The molecule has 1 aromatic rings. The minimum absolute atomic E-state index is 0.210. The maximum absolute atomic E-state index is 11.4. The molecule has 1 rings (SSSR count). The number of benzene rings is 1. The number of hydrogen-bond acceptors (Lipinski definition) is 5. The van der Waals surface area contributed by atoms with Crippen LogP contribution in [0.25, 0.3) is 0 Å². The molecular formula is C9H12N2O4. The number of nitrogens with one attached hydrogen (secondary N) is 1. The number of nitrogens with two attached hydrogens (primary N) is 1. The molecule has 0 aliphatic rings. The molecule has 0 saturated carbocycles. The first-order chi connectivity index (χ1) is 6.90. The predicted octanol–water partition coefficient (Wildman–Crippen LogP) is -1.37. The zero-order chi connectivity index (χ0) is 11.5. The van der Waals surface area contributed by atoms with Crippen LogP contribution in [0.5, 0.6) is 0 Å². The zero-order valence-electron chi connectivity index (χ0n) is 7.84. The Morgan fingerprint density at radius 1 is 1.33 bits per heavy atom. The van der Waals surface area contributed by atoms with E-state index in [0.29, 0.717) is 0 Å². The standard InChI is InChI=1S/C9H12N2O4/c10-7-4-2-1-3-6(7)8(12)11-5-9(13,14)15/h1-4,13-15H,5,10H2,(H,11,12). The molecule has 0 bridgehead atoms. The number of para-hydroxylation sites is 1. The molecule has 0 aliphatic carbocycles. The van der Waals surface area contributed by atoms with Crippen LogP contribution in [0.1, 0.15) is 10.4 Å². The van der Waals surface area contributed by atoms with Crippen molar-refractivity contribution in [2.24, 2.45) is 0 Å². The number of anilines is 1. The number of rotatable bonds is 3. The molecule has 0 aliphatic heterocycles. The van der Waals surface area contributed by atoms with Crippen LogP contribution in [0.4, 0.5) is 5.69 Å². The van der Waals surface area contributed by atoms with E-state index < -0.39 is 18.4 Å². The average Bonchev–Trinajstić information content (AvgIpc) is 2.14. The lowest BCUT2D eigenvalue weighted by Gasteiger charge is -2.14. The van der Waals surface area contributed by atoms with Crippen molar-refractivity contribution in [1.82, 2.24) is 5.32 Å². The largest absolute Gasteiger partial charge is 0.398 e. The number of carbonyl (C=O) groups is 1. The van der Waals surface area contributed by atoms with E-state index in [2.05, 4.69) is 5.32 Å². The van der Waals surface area contributed by atoms with E-state index in [9.17, 15) is 4.79 Å². The lowest BCUT2D eigenvalue weighted by atomic mass is 10.1. The summed E-state index contributed by atoms with van der Waals surface area (Å²) in [6.45, 7) is -0.694. The fraction of sp³-hybridized carbons (Fsp3) is 0.222. The number of nitrogen functional groups attached to an aromatic ring is 1. The smallest absolute Gasteiger partial charge is 0.293 e. The minimum Gasteiger partial charge on any atom is -0.398 e. The monoisotopic (exact) mass is 212 g/mol. The highest BCUT2D eigenvalue weighted by Crippen LogP contribution is 2.09. The van der Waals surface area contributed by atoms with Gasteiger partial charge in [-0.25, -0.2) is 0 Å². The summed E-state index contributed by atoms with van der Waals surface area (Å²) in [5.74, 6) is -3.51. The zero-order valence-corrected chi connectivity index (χ0v) is 7.84. The van der Waals surface area contributed by atoms with E-state index in [0.717, 1.165) is 0 Å². The Labute approximate surface area is 86.0 Å². The van der Waals surface area contributed by atoms with Gasteiger partial charge in [-0.05, 0) is 12.1 Å². The van der Waals surface area contributed by atoms with Crippen LogP contribution in [0.3, 0.4) is 0 Å². The number of aliphatic hydroxyl groups is 3. The van der Waals surface area contributed by atoms with Gasteiger partial charge < -0.3 is 26.4 Å². The van der Waals surface area contributed by atoms with Crippen LogP contribution in [-0.4, -0.2) is 33.7 Å². The fourth-order valence-electron chi connectivity index (χ4n) is 0.998.